The average Bonchev–Trinajstić information content (AvgIpc) is 2.24. The first-order valence-corrected chi connectivity index (χ1v) is 5.78. The van der Waals surface area contributed by atoms with Crippen molar-refractivity contribution in [2.75, 3.05) is 19.0 Å². The quantitative estimate of drug-likeness (QED) is 0.742. The van der Waals surface area contributed by atoms with Gasteiger partial charge in [-0.15, -0.1) is 11.6 Å². The number of nitrogens with one attached hydrogen (secondary N) is 1. The first kappa shape index (κ1) is 10.6. The van der Waals surface area contributed by atoms with Gasteiger partial charge in [0.15, 0.2) is 0 Å². The van der Waals surface area contributed by atoms with Crippen molar-refractivity contribution >= 4 is 17.3 Å². The topological polar surface area (TPSA) is 21.3 Å². The SMILES string of the molecule is COc1ccc2c(c1)CC[C@H](Cl)CCN2. The molecule has 3 heteroatoms. The molecule has 0 spiro atoms. The number of alkyl halides is 1. The van der Waals surface area contributed by atoms with Gasteiger partial charge in [0.05, 0.1) is 7.11 Å². The lowest BCUT2D eigenvalue weighted by Gasteiger charge is -2.19. The minimum atomic E-state index is 0.289. The van der Waals surface area contributed by atoms with E-state index in [0.29, 0.717) is 0 Å². The van der Waals surface area contributed by atoms with Gasteiger partial charge in [-0.3, -0.25) is 0 Å². The van der Waals surface area contributed by atoms with Crippen molar-refractivity contribution < 1.29 is 4.74 Å². The first-order chi connectivity index (χ1) is 7.29. The van der Waals surface area contributed by atoms with Crippen LogP contribution in [0.4, 0.5) is 5.69 Å². The van der Waals surface area contributed by atoms with Crippen molar-refractivity contribution in [3.63, 3.8) is 0 Å². The number of methoxy groups -OCH3 is 1. The first-order valence-electron chi connectivity index (χ1n) is 5.34. The van der Waals surface area contributed by atoms with Crippen molar-refractivity contribution in [2.24, 2.45) is 0 Å². The maximum atomic E-state index is 6.16. The van der Waals surface area contributed by atoms with E-state index in [1.807, 2.05) is 6.07 Å². The predicted octanol–water partition coefficient (Wildman–Crippen LogP) is 3.05. The highest BCUT2D eigenvalue weighted by atomic mass is 35.5. The number of hydrogen-bond acceptors (Lipinski definition) is 2. The van der Waals surface area contributed by atoms with Crippen LogP contribution in [0.15, 0.2) is 18.2 Å². The minimum Gasteiger partial charge on any atom is -0.497 e. The average molecular weight is 226 g/mol. The molecule has 0 radical (unpaired) electrons. The molecule has 1 aliphatic rings. The van der Waals surface area contributed by atoms with Gasteiger partial charge in [-0.1, -0.05) is 0 Å². The van der Waals surface area contributed by atoms with Gasteiger partial charge in [-0.25, -0.2) is 0 Å². The zero-order chi connectivity index (χ0) is 10.7. The van der Waals surface area contributed by atoms with Crippen molar-refractivity contribution in [1.29, 1.82) is 0 Å². The molecule has 1 atom stereocenters. The summed E-state index contributed by atoms with van der Waals surface area (Å²) in [4.78, 5) is 0. The van der Waals surface area contributed by atoms with Crippen LogP contribution in [0.1, 0.15) is 18.4 Å². The highest BCUT2D eigenvalue weighted by Crippen LogP contribution is 2.26. The van der Waals surface area contributed by atoms with E-state index in [1.165, 1.54) is 11.3 Å². The summed E-state index contributed by atoms with van der Waals surface area (Å²) in [5, 5.41) is 3.70. The standard InChI is InChI=1S/C12H16ClNO/c1-15-11-4-5-12-9(8-11)2-3-10(13)6-7-14-12/h4-5,8,10,14H,2-3,6-7H2,1H3/t10-/m0/s1. The molecule has 15 heavy (non-hydrogen) atoms. The van der Waals surface area contributed by atoms with Crippen LogP contribution in [0.5, 0.6) is 5.75 Å². The third-order valence-electron chi connectivity index (χ3n) is 2.81. The summed E-state index contributed by atoms with van der Waals surface area (Å²) in [6.07, 6.45) is 3.10. The van der Waals surface area contributed by atoms with Gasteiger partial charge in [-0.2, -0.15) is 0 Å². The van der Waals surface area contributed by atoms with E-state index in [4.69, 9.17) is 16.3 Å². The van der Waals surface area contributed by atoms with Crippen molar-refractivity contribution in [3.8, 4) is 5.75 Å². The molecule has 82 valence electrons. The van der Waals surface area contributed by atoms with Gasteiger partial charge < -0.3 is 10.1 Å². The Balaban J connectivity index is 2.23. The molecule has 0 unspecified atom stereocenters. The predicted molar refractivity (Wildman–Crippen MR) is 64.1 cm³/mol. The fraction of sp³-hybridized carbons (Fsp3) is 0.500. The van der Waals surface area contributed by atoms with Crippen LogP contribution in [0, 0.1) is 0 Å². The number of fused-ring (bicyclic) bond motifs is 1. The van der Waals surface area contributed by atoms with Gasteiger partial charge in [0.25, 0.3) is 0 Å². The van der Waals surface area contributed by atoms with Gasteiger partial charge >= 0.3 is 0 Å². The van der Waals surface area contributed by atoms with Gasteiger partial charge in [0.2, 0.25) is 0 Å². The second-order valence-electron chi connectivity index (χ2n) is 3.87. The van der Waals surface area contributed by atoms with Crippen LogP contribution < -0.4 is 10.1 Å². The van der Waals surface area contributed by atoms with E-state index in [9.17, 15) is 0 Å². The van der Waals surface area contributed by atoms with Crippen LogP contribution in [-0.2, 0) is 6.42 Å². The van der Waals surface area contributed by atoms with Crippen molar-refractivity contribution in [1.82, 2.24) is 0 Å². The lowest BCUT2D eigenvalue weighted by atomic mass is 10.0. The molecule has 1 heterocycles. The molecule has 0 aromatic heterocycles. The summed E-state index contributed by atoms with van der Waals surface area (Å²) in [7, 11) is 1.70. The highest BCUT2D eigenvalue weighted by molar-refractivity contribution is 6.20. The van der Waals surface area contributed by atoms with Crippen LogP contribution in [0.3, 0.4) is 0 Å². The van der Waals surface area contributed by atoms with E-state index >= 15 is 0 Å². The number of benzene rings is 1. The van der Waals surface area contributed by atoms with E-state index in [2.05, 4.69) is 17.4 Å². The second-order valence-corrected chi connectivity index (χ2v) is 4.49. The highest BCUT2D eigenvalue weighted by Gasteiger charge is 2.12. The fourth-order valence-corrected chi connectivity index (χ4v) is 2.11. The maximum Gasteiger partial charge on any atom is 0.119 e. The smallest absolute Gasteiger partial charge is 0.119 e. The van der Waals surface area contributed by atoms with Crippen molar-refractivity contribution in [3.05, 3.63) is 23.8 Å². The Hall–Kier alpha value is -0.890. The molecular formula is C12H16ClNO. The number of rotatable bonds is 1. The molecular weight excluding hydrogens is 210 g/mol. The number of halogens is 1. The zero-order valence-electron chi connectivity index (χ0n) is 8.92. The Bertz CT molecular complexity index is 340. The number of ether oxygens (including phenoxy) is 1. The molecule has 1 aromatic rings. The summed E-state index contributed by atoms with van der Waals surface area (Å²) in [5.41, 5.74) is 2.53. The molecule has 0 amide bonds. The molecule has 1 aliphatic heterocycles. The lowest BCUT2D eigenvalue weighted by Crippen LogP contribution is -2.14. The molecule has 2 rings (SSSR count). The molecule has 1 aromatic carbocycles. The van der Waals surface area contributed by atoms with Gasteiger partial charge in [0.1, 0.15) is 5.75 Å². The number of aryl methyl sites for hydroxylation is 1. The molecule has 0 bridgehead atoms. The zero-order valence-corrected chi connectivity index (χ0v) is 9.68. The number of hydrogen-bond donors (Lipinski definition) is 1. The van der Waals surface area contributed by atoms with E-state index < -0.39 is 0 Å². The number of anilines is 1. The minimum absolute atomic E-state index is 0.289. The van der Waals surface area contributed by atoms with Gasteiger partial charge in [0, 0.05) is 17.6 Å². The molecule has 1 N–H and O–H groups in total. The monoisotopic (exact) mass is 225 g/mol. The largest absolute Gasteiger partial charge is 0.497 e. The fourth-order valence-electron chi connectivity index (χ4n) is 1.90. The van der Waals surface area contributed by atoms with Crippen LogP contribution in [0.25, 0.3) is 0 Å². The third-order valence-corrected chi connectivity index (χ3v) is 3.25. The third kappa shape index (κ3) is 2.57. The maximum absolute atomic E-state index is 6.16. The van der Waals surface area contributed by atoms with Crippen LogP contribution >= 0.6 is 11.6 Å². The van der Waals surface area contributed by atoms with E-state index in [1.54, 1.807) is 7.11 Å². The molecule has 0 fully saturated rings. The Morgan fingerprint density at radius 3 is 3.07 bits per heavy atom. The summed E-state index contributed by atoms with van der Waals surface area (Å²) >= 11 is 6.16. The summed E-state index contributed by atoms with van der Waals surface area (Å²) in [5.74, 6) is 0.919. The molecule has 0 saturated heterocycles. The Kier molecular flexibility index (Phi) is 3.37. The van der Waals surface area contributed by atoms with Crippen LogP contribution in [0.2, 0.25) is 0 Å². The molecule has 0 saturated carbocycles. The Morgan fingerprint density at radius 1 is 1.40 bits per heavy atom. The summed E-state index contributed by atoms with van der Waals surface area (Å²) in [6, 6.07) is 6.17. The van der Waals surface area contributed by atoms with E-state index in [0.717, 1.165) is 31.6 Å². The summed E-state index contributed by atoms with van der Waals surface area (Å²) in [6.45, 7) is 0.952. The second kappa shape index (κ2) is 4.75. The Morgan fingerprint density at radius 2 is 2.27 bits per heavy atom. The van der Waals surface area contributed by atoms with Gasteiger partial charge in [-0.05, 0) is 43.0 Å². The normalized spacial score (nSPS) is 20.8. The summed E-state index contributed by atoms with van der Waals surface area (Å²) < 4.78 is 5.22. The lowest BCUT2D eigenvalue weighted by molar-refractivity contribution is 0.414. The van der Waals surface area contributed by atoms with Crippen LogP contribution in [-0.4, -0.2) is 19.0 Å². The van der Waals surface area contributed by atoms with E-state index in [-0.39, 0.29) is 5.38 Å². The Labute approximate surface area is 95.6 Å². The molecule has 0 aliphatic carbocycles. The van der Waals surface area contributed by atoms with Crippen molar-refractivity contribution in [2.45, 2.75) is 24.6 Å². The molecule has 2 nitrogen and oxygen atoms in total.